The second-order valence-corrected chi connectivity index (χ2v) is 9.96. The first kappa shape index (κ1) is 25.3. The fraction of sp³-hybridized carbons (Fsp3) is 0.435. The number of benzene rings is 2. The number of fused-ring (bicyclic) bond motifs is 1. The number of alkyl halides is 5. The van der Waals surface area contributed by atoms with Crippen LogP contribution in [0.2, 0.25) is 0 Å². The van der Waals surface area contributed by atoms with Gasteiger partial charge in [-0.3, -0.25) is 4.79 Å². The Balaban J connectivity index is 1.80. The average Bonchev–Trinajstić information content (AvgIpc) is 3.59. The highest BCUT2D eigenvalue weighted by atomic mass is 32.2. The summed E-state index contributed by atoms with van der Waals surface area (Å²) in [5.74, 6) is -2.04. The van der Waals surface area contributed by atoms with Gasteiger partial charge in [-0.15, -0.1) is 0 Å². The lowest BCUT2D eigenvalue weighted by molar-refractivity contribution is -0.151. The SMILES string of the molecule is CCOC(=O)C1(COc2cc3c(cc2C(F)(F)F)N(c2ccc(F)cc2)CCC(F)(F)S3=O)CC1. The van der Waals surface area contributed by atoms with Gasteiger partial charge in [0, 0.05) is 18.7 Å². The van der Waals surface area contributed by atoms with Crippen molar-refractivity contribution in [1.82, 2.24) is 0 Å². The molecular formula is C23H21F6NO4S. The van der Waals surface area contributed by atoms with E-state index in [2.05, 4.69) is 0 Å². The Morgan fingerprint density at radius 3 is 2.34 bits per heavy atom. The highest BCUT2D eigenvalue weighted by molar-refractivity contribution is 7.86. The molecule has 5 nitrogen and oxygen atoms in total. The zero-order chi connectivity index (χ0) is 25.6. The molecule has 2 aromatic rings. The van der Waals surface area contributed by atoms with Crippen LogP contribution in [0.3, 0.4) is 0 Å². The Kier molecular flexibility index (Phi) is 6.54. The second kappa shape index (κ2) is 9.03. The zero-order valence-corrected chi connectivity index (χ0v) is 19.3. The molecule has 1 aliphatic heterocycles. The maximum absolute atomic E-state index is 14.6. The van der Waals surface area contributed by atoms with Crippen LogP contribution in [0.4, 0.5) is 37.7 Å². The molecule has 0 amide bonds. The molecule has 1 fully saturated rings. The Morgan fingerprint density at radius 2 is 1.77 bits per heavy atom. The smallest absolute Gasteiger partial charge is 0.420 e. The zero-order valence-electron chi connectivity index (χ0n) is 18.5. The predicted molar refractivity (Wildman–Crippen MR) is 115 cm³/mol. The Hall–Kier alpha value is -2.76. The van der Waals surface area contributed by atoms with Gasteiger partial charge in [-0.25, -0.2) is 8.60 Å². The highest BCUT2D eigenvalue weighted by Crippen LogP contribution is 2.50. The van der Waals surface area contributed by atoms with Crippen LogP contribution in [0.1, 0.15) is 31.7 Å². The largest absolute Gasteiger partial charge is 0.492 e. The van der Waals surface area contributed by atoms with Crippen molar-refractivity contribution in [3.8, 4) is 5.75 Å². The van der Waals surface area contributed by atoms with Crippen LogP contribution in [0.5, 0.6) is 5.75 Å². The molecule has 190 valence electrons. The molecule has 1 heterocycles. The number of nitrogens with zero attached hydrogens (tertiary/aromatic N) is 1. The van der Waals surface area contributed by atoms with Gasteiger partial charge in [0.1, 0.15) is 34.4 Å². The van der Waals surface area contributed by atoms with Crippen molar-refractivity contribution < 1.29 is 44.8 Å². The molecule has 12 heteroatoms. The van der Waals surface area contributed by atoms with Crippen LogP contribution < -0.4 is 9.64 Å². The molecule has 1 unspecified atom stereocenters. The lowest BCUT2D eigenvalue weighted by atomic mass is 10.1. The molecule has 1 saturated carbocycles. The summed E-state index contributed by atoms with van der Waals surface area (Å²) in [6, 6.07) is 5.87. The fourth-order valence-corrected chi connectivity index (χ4v) is 4.99. The van der Waals surface area contributed by atoms with Gasteiger partial charge in [0.25, 0.3) is 0 Å². The van der Waals surface area contributed by atoms with E-state index in [0.29, 0.717) is 25.0 Å². The fourth-order valence-electron chi connectivity index (χ4n) is 3.81. The first-order chi connectivity index (χ1) is 16.4. The number of hydrogen-bond donors (Lipinski definition) is 0. The van der Waals surface area contributed by atoms with E-state index in [4.69, 9.17) is 9.47 Å². The van der Waals surface area contributed by atoms with Gasteiger partial charge in [-0.1, -0.05) is 0 Å². The molecule has 1 aliphatic carbocycles. The highest BCUT2D eigenvalue weighted by Gasteiger charge is 2.53. The number of ether oxygens (including phenoxy) is 2. The second-order valence-electron chi connectivity index (χ2n) is 8.39. The van der Waals surface area contributed by atoms with Crippen molar-refractivity contribution in [2.24, 2.45) is 5.41 Å². The summed E-state index contributed by atoms with van der Waals surface area (Å²) in [5, 5.41) is -3.73. The molecule has 0 radical (unpaired) electrons. The molecule has 0 bridgehead atoms. The van der Waals surface area contributed by atoms with Crippen LogP contribution in [0.25, 0.3) is 0 Å². The first-order valence-electron chi connectivity index (χ1n) is 10.8. The van der Waals surface area contributed by atoms with Gasteiger partial charge >= 0.3 is 17.4 Å². The van der Waals surface area contributed by atoms with Crippen molar-refractivity contribution in [1.29, 1.82) is 0 Å². The van der Waals surface area contributed by atoms with E-state index in [1.807, 2.05) is 0 Å². The maximum Gasteiger partial charge on any atom is 0.420 e. The lowest BCUT2D eigenvalue weighted by Gasteiger charge is -2.26. The Bertz CT molecular complexity index is 1150. The standard InChI is InChI=1S/C23H21F6NO4S/c1-2-33-20(31)21(7-8-21)13-34-18-12-19-17(11-16(18)23(27,28)29)30(10-9-22(25,26)35(19)32)15-5-3-14(24)4-6-15/h3-6,11-12H,2,7-10,13H2,1H3. The number of halogens is 6. The number of hydrogen-bond acceptors (Lipinski definition) is 5. The van der Waals surface area contributed by atoms with E-state index in [-0.39, 0.29) is 18.0 Å². The third-order valence-corrected chi connectivity index (χ3v) is 7.43. The Labute approximate surface area is 199 Å². The quantitative estimate of drug-likeness (QED) is 0.355. The molecule has 0 spiro atoms. The third kappa shape index (κ3) is 4.98. The summed E-state index contributed by atoms with van der Waals surface area (Å²) in [5.41, 5.74) is -2.57. The summed E-state index contributed by atoms with van der Waals surface area (Å²) >= 11 is 0. The van der Waals surface area contributed by atoms with Gasteiger partial charge in [-0.2, -0.15) is 22.0 Å². The van der Waals surface area contributed by atoms with Crippen LogP contribution in [0, 0.1) is 11.2 Å². The van der Waals surface area contributed by atoms with E-state index >= 15 is 0 Å². The summed E-state index contributed by atoms with van der Waals surface area (Å²) in [6.07, 6.45) is -5.16. The third-order valence-electron chi connectivity index (χ3n) is 5.96. The van der Waals surface area contributed by atoms with Gasteiger partial charge in [0.2, 0.25) is 0 Å². The van der Waals surface area contributed by atoms with Gasteiger partial charge in [0.05, 0.1) is 22.8 Å². The van der Waals surface area contributed by atoms with Crippen LogP contribution in [0.15, 0.2) is 41.3 Å². The van der Waals surface area contributed by atoms with Gasteiger partial charge in [-0.05, 0) is 56.2 Å². The Morgan fingerprint density at radius 1 is 1.11 bits per heavy atom. The normalized spacial score (nSPS) is 20.5. The number of anilines is 2. The maximum atomic E-state index is 14.6. The summed E-state index contributed by atoms with van der Waals surface area (Å²) in [4.78, 5) is 12.8. The van der Waals surface area contributed by atoms with Crippen molar-refractivity contribution in [2.75, 3.05) is 24.7 Å². The van der Waals surface area contributed by atoms with Crippen LogP contribution in [-0.4, -0.2) is 35.2 Å². The minimum absolute atomic E-state index is 0.0838. The van der Waals surface area contributed by atoms with E-state index in [0.717, 1.165) is 17.0 Å². The van der Waals surface area contributed by atoms with Crippen molar-refractivity contribution in [3.63, 3.8) is 0 Å². The molecule has 2 aromatic carbocycles. The minimum atomic E-state index is -4.95. The van der Waals surface area contributed by atoms with Crippen molar-refractivity contribution in [2.45, 2.75) is 42.5 Å². The number of rotatable bonds is 6. The monoisotopic (exact) mass is 521 g/mol. The summed E-state index contributed by atoms with van der Waals surface area (Å²) in [6.45, 7) is 0.769. The van der Waals surface area contributed by atoms with E-state index in [1.165, 1.54) is 12.1 Å². The molecule has 35 heavy (non-hydrogen) atoms. The number of esters is 1. The minimum Gasteiger partial charge on any atom is -0.492 e. The van der Waals surface area contributed by atoms with E-state index < -0.39 is 75.2 Å². The molecule has 0 saturated heterocycles. The summed E-state index contributed by atoms with van der Waals surface area (Å²) < 4.78 is 108. The molecule has 0 aromatic heterocycles. The number of carbonyl (C=O) groups is 1. The average molecular weight is 521 g/mol. The molecular weight excluding hydrogens is 500 g/mol. The first-order valence-corrected chi connectivity index (χ1v) is 11.9. The lowest BCUT2D eigenvalue weighted by Crippen LogP contribution is -2.26. The van der Waals surface area contributed by atoms with Crippen molar-refractivity contribution >= 4 is 28.1 Å². The summed E-state index contributed by atoms with van der Waals surface area (Å²) in [7, 11) is -3.00. The van der Waals surface area contributed by atoms with E-state index in [1.54, 1.807) is 6.92 Å². The topological polar surface area (TPSA) is 55.8 Å². The molecule has 2 aliphatic rings. The molecule has 4 rings (SSSR count). The predicted octanol–water partition coefficient (Wildman–Crippen LogP) is 5.81. The van der Waals surface area contributed by atoms with Gasteiger partial charge < -0.3 is 14.4 Å². The number of carbonyl (C=O) groups excluding carboxylic acids is 1. The molecule has 1 atom stereocenters. The molecule has 0 N–H and O–H groups in total. The van der Waals surface area contributed by atoms with Crippen molar-refractivity contribution in [3.05, 3.63) is 47.8 Å². The van der Waals surface area contributed by atoms with E-state index in [9.17, 15) is 35.3 Å². The van der Waals surface area contributed by atoms with Crippen LogP contribution >= 0.6 is 0 Å². The van der Waals surface area contributed by atoms with Crippen LogP contribution in [-0.2, 0) is 26.5 Å². The van der Waals surface area contributed by atoms with Gasteiger partial charge in [0.15, 0.2) is 0 Å².